The summed E-state index contributed by atoms with van der Waals surface area (Å²) in [5, 5.41) is 10.3. The Bertz CT molecular complexity index is 600. The van der Waals surface area contributed by atoms with Crippen LogP contribution in [-0.4, -0.2) is 16.1 Å². The van der Waals surface area contributed by atoms with E-state index in [0.717, 1.165) is 15.7 Å². The van der Waals surface area contributed by atoms with Crippen LogP contribution in [0, 0.1) is 6.92 Å². The van der Waals surface area contributed by atoms with Crippen LogP contribution >= 0.6 is 15.9 Å². The van der Waals surface area contributed by atoms with Gasteiger partial charge in [-0.15, -0.1) is 10.2 Å². The molecule has 0 aliphatic rings. The molecule has 2 aromatic rings. The molecule has 6 nitrogen and oxygen atoms in total. The number of anilines is 2. The van der Waals surface area contributed by atoms with Gasteiger partial charge in [-0.25, -0.2) is 5.84 Å². The Balaban J connectivity index is 2.15. The van der Waals surface area contributed by atoms with Crippen molar-refractivity contribution in [3.63, 3.8) is 0 Å². The van der Waals surface area contributed by atoms with Gasteiger partial charge in [-0.3, -0.25) is 4.79 Å². The number of aromatic nitrogens is 2. The summed E-state index contributed by atoms with van der Waals surface area (Å²) in [6.07, 6.45) is 0. The minimum Gasteiger partial charge on any atom is -0.320 e. The second-order valence-corrected chi connectivity index (χ2v) is 4.78. The lowest BCUT2D eigenvalue weighted by atomic mass is 10.2. The number of benzene rings is 1. The molecule has 1 aromatic heterocycles. The molecule has 1 amide bonds. The SMILES string of the molecule is Cc1cc(Br)ccc1NC(=O)c1ccc(NN)nn1. The maximum Gasteiger partial charge on any atom is 0.276 e. The number of amides is 1. The van der Waals surface area contributed by atoms with E-state index in [-0.39, 0.29) is 11.6 Å². The number of hydrogen-bond donors (Lipinski definition) is 3. The highest BCUT2D eigenvalue weighted by atomic mass is 79.9. The molecule has 0 bridgehead atoms. The Hall–Kier alpha value is -1.99. The highest BCUT2D eigenvalue weighted by Gasteiger charge is 2.10. The minimum absolute atomic E-state index is 0.223. The molecule has 0 unspecified atom stereocenters. The summed E-state index contributed by atoms with van der Waals surface area (Å²) in [4.78, 5) is 12.0. The molecule has 0 fully saturated rings. The molecule has 0 aliphatic heterocycles. The summed E-state index contributed by atoms with van der Waals surface area (Å²) in [7, 11) is 0. The average Bonchev–Trinajstić information content (AvgIpc) is 2.42. The second kappa shape index (κ2) is 5.77. The maximum atomic E-state index is 12.0. The second-order valence-electron chi connectivity index (χ2n) is 3.86. The third kappa shape index (κ3) is 3.27. The topological polar surface area (TPSA) is 92.9 Å². The van der Waals surface area contributed by atoms with Crippen LogP contribution in [-0.2, 0) is 0 Å². The summed E-state index contributed by atoms with van der Waals surface area (Å²) in [6.45, 7) is 1.91. The summed E-state index contributed by atoms with van der Waals surface area (Å²) < 4.78 is 0.959. The third-order valence-electron chi connectivity index (χ3n) is 2.48. The van der Waals surface area contributed by atoms with Crippen molar-refractivity contribution in [2.45, 2.75) is 6.92 Å². The van der Waals surface area contributed by atoms with Gasteiger partial charge in [-0.2, -0.15) is 0 Å². The number of hydrogen-bond acceptors (Lipinski definition) is 5. The van der Waals surface area contributed by atoms with Crippen molar-refractivity contribution in [1.82, 2.24) is 10.2 Å². The van der Waals surface area contributed by atoms with Gasteiger partial charge in [0, 0.05) is 10.2 Å². The molecular formula is C12H12BrN5O. The predicted octanol–water partition coefficient (Wildman–Crippen LogP) is 2.09. The van der Waals surface area contributed by atoms with E-state index in [2.05, 4.69) is 36.9 Å². The van der Waals surface area contributed by atoms with Crippen LogP contribution in [0.15, 0.2) is 34.8 Å². The molecule has 4 N–H and O–H groups in total. The molecule has 1 heterocycles. The van der Waals surface area contributed by atoms with E-state index in [1.54, 1.807) is 12.1 Å². The van der Waals surface area contributed by atoms with Gasteiger partial charge < -0.3 is 10.7 Å². The Labute approximate surface area is 118 Å². The molecule has 2 rings (SSSR count). The summed E-state index contributed by atoms with van der Waals surface area (Å²) in [6, 6.07) is 8.72. The quantitative estimate of drug-likeness (QED) is 0.594. The minimum atomic E-state index is -0.318. The van der Waals surface area contributed by atoms with Crippen LogP contribution in [0.25, 0.3) is 0 Å². The standard InChI is InChI=1S/C12H12BrN5O/c1-7-6-8(13)2-3-9(7)15-12(19)10-4-5-11(16-14)18-17-10/h2-6H,14H2,1H3,(H,15,19)(H,16,18). The number of aryl methyl sites for hydroxylation is 1. The van der Waals surface area contributed by atoms with Gasteiger partial charge in [-0.05, 0) is 42.8 Å². The molecular weight excluding hydrogens is 310 g/mol. The summed E-state index contributed by atoms with van der Waals surface area (Å²) in [5.41, 5.74) is 4.26. The van der Waals surface area contributed by atoms with Crippen molar-refractivity contribution in [2.75, 3.05) is 10.7 Å². The molecule has 7 heteroatoms. The molecule has 0 saturated carbocycles. The van der Waals surface area contributed by atoms with Gasteiger partial charge in [0.05, 0.1) is 0 Å². The molecule has 0 radical (unpaired) electrons. The zero-order valence-electron chi connectivity index (χ0n) is 10.1. The van der Waals surface area contributed by atoms with Gasteiger partial charge in [0.2, 0.25) is 0 Å². The monoisotopic (exact) mass is 321 g/mol. The number of carbonyl (C=O) groups excluding carboxylic acids is 1. The fourth-order valence-electron chi connectivity index (χ4n) is 1.48. The van der Waals surface area contributed by atoms with Crippen molar-refractivity contribution in [2.24, 2.45) is 5.84 Å². The van der Waals surface area contributed by atoms with Crippen LogP contribution in [0.2, 0.25) is 0 Å². The van der Waals surface area contributed by atoms with Crippen LogP contribution in [0.4, 0.5) is 11.5 Å². The van der Waals surface area contributed by atoms with E-state index in [0.29, 0.717) is 5.82 Å². The summed E-state index contributed by atoms with van der Waals surface area (Å²) >= 11 is 3.37. The number of hydrazine groups is 1. The van der Waals surface area contributed by atoms with Crippen molar-refractivity contribution in [3.8, 4) is 0 Å². The van der Waals surface area contributed by atoms with Crippen molar-refractivity contribution in [3.05, 3.63) is 46.1 Å². The lowest BCUT2D eigenvalue weighted by Crippen LogP contribution is -2.16. The van der Waals surface area contributed by atoms with E-state index in [9.17, 15) is 4.79 Å². The Morgan fingerprint density at radius 3 is 2.63 bits per heavy atom. The van der Waals surface area contributed by atoms with Crippen molar-refractivity contribution in [1.29, 1.82) is 0 Å². The Morgan fingerprint density at radius 2 is 2.05 bits per heavy atom. The molecule has 98 valence electrons. The van der Waals surface area contributed by atoms with Gasteiger partial charge in [-0.1, -0.05) is 15.9 Å². The molecule has 19 heavy (non-hydrogen) atoms. The highest BCUT2D eigenvalue weighted by Crippen LogP contribution is 2.20. The number of nitrogen functional groups attached to an aromatic ring is 1. The van der Waals surface area contributed by atoms with Crippen molar-refractivity contribution < 1.29 is 4.79 Å². The predicted molar refractivity (Wildman–Crippen MR) is 76.7 cm³/mol. The van der Waals surface area contributed by atoms with Gasteiger partial charge in [0.1, 0.15) is 0 Å². The largest absolute Gasteiger partial charge is 0.320 e. The first-order valence-electron chi connectivity index (χ1n) is 5.48. The molecule has 0 atom stereocenters. The number of rotatable bonds is 3. The first-order valence-corrected chi connectivity index (χ1v) is 6.27. The fraction of sp³-hybridized carbons (Fsp3) is 0.0833. The smallest absolute Gasteiger partial charge is 0.276 e. The first-order chi connectivity index (χ1) is 9.10. The average molecular weight is 322 g/mol. The normalized spacial score (nSPS) is 10.1. The van der Waals surface area contributed by atoms with E-state index >= 15 is 0 Å². The third-order valence-corrected chi connectivity index (χ3v) is 2.97. The van der Waals surface area contributed by atoms with E-state index < -0.39 is 0 Å². The highest BCUT2D eigenvalue weighted by molar-refractivity contribution is 9.10. The first kappa shape index (κ1) is 13.4. The zero-order valence-corrected chi connectivity index (χ0v) is 11.7. The van der Waals surface area contributed by atoms with Crippen LogP contribution in [0.5, 0.6) is 0 Å². The Kier molecular flexibility index (Phi) is 4.08. The van der Waals surface area contributed by atoms with Crippen LogP contribution in [0.1, 0.15) is 16.1 Å². The van der Waals surface area contributed by atoms with E-state index in [1.165, 1.54) is 0 Å². The van der Waals surface area contributed by atoms with Gasteiger partial charge >= 0.3 is 0 Å². The van der Waals surface area contributed by atoms with E-state index in [1.807, 2.05) is 25.1 Å². The molecule has 0 aliphatic carbocycles. The molecule has 0 saturated heterocycles. The van der Waals surface area contributed by atoms with Gasteiger partial charge in [0.15, 0.2) is 11.5 Å². The molecule has 0 spiro atoms. The van der Waals surface area contributed by atoms with Crippen LogP contribution in [0.3, 0.4) is 0 Å². The van der Waals surface area contributed by atoms with Crippen LogP contribution < -0.4 is 16.6 Å². The maximum absolute atomic E-state index is 12.0. The summed E-state index contributed by atoms with van der Waals surface area (Å²) in [5.74, 6) is 5.26. The van der Waals surface area contributed by atoms with E-state index in [4.69, 9.17) is 5.84 Å². The van der Waals surface area contributed by atoms with Gasteiger partial charge in [0.25, 0.3) is 5.91 Å². The Morgan fingerprint density at radius 1 is 1.26 bits per heavy atom. The lowest BCUT2D eigenvalue weighted by molar-refractivity contribution is 0.102. The number of nitrogens with one attached hydrogen (secondary N) is 2. The fourth-order valence-corrected chi connectivity index (χ4v) is 1.96. The number of nitrogens with zero attached hydrogens (tertiary/aromatic N) is 2. The zero-order chi connectivity index (χ0) is 13.8. The molecule has 1 aromatic carbocycles. The number of nitrogens with two attached hydrogens (primary N) is 1. The lowest BCUT2D eigenvalue weighted by Gasteiger charge is -2.08. The number of carbonyl (C=O) groups is 1. The van der Waals surface area contributed by atoms with Crippen molar-refractivity contribution >= 4 is 33.3 Å². The number of halogens is 1.